The number of anilines is 1. The second-order valence-corrected chi connectivity index (χ2v) is 6.69. The van der Waals surface area contributed by atoms with Gasteiger partial charge in [0.05, 0.1) is 26.1 Å². The molecule has 160 valence electrons. The van der Waals surface area contributed by atoms with Crippen LogP contribution in [0.1, 0.15) is 27.2 Å². The highest BCUT2D eigenvalue weighted by Gasteiger charge is 2.15. The molecule has 0 saturated heterocycles. The van der Waals surface area contributed by atoms with Gasteiger partial charge in [0.2, 0.25) is 5.76 Å². The third kappa shape index (κ3) is 5.72. The highest BCUT2D eigenvalue weighted by molar-refractivity contribution is 5.89. The maximum absolute atomic E-state index is 12.1. The normalized spacial score (nSPS) is 10.7. The molecule has 0 radical (unpaired) electrons. The molecule has 3 aromatic rings. The molecule has 2 N–H and O–H groups in total. The predicted molar refractivity (Wildman–Crippen MR) is 117 cm³/mol. The van der Waals surface area contributed by atoms with E-state index in [-0.39, 0.29) is 24.0 Å². The van der Waals surface area contributed by atoms with Gasteiger partial charge in [0.15, 0.2) is 11.5 Å². The fourth-order valence-corrected chi connectivity index (χ4v) is 2.87. The van der Waals surface area contributed by atoms with E-state index in [0.717, 1.165) is 16.8 Å². The van der Waals surface area contributed by atoms with Crippen LogP contribution >= 0.6 is 0 Å². The average molecular weight is 421 g/mol. The number of ether oxygens (including phenoxy) is 2. The van der Waals surface area contributed by atoms with E-state index in [1.165, 1.54) is 25.7 Å². The van der Waals surface area contributed by atoms with Crippen molar-refractivity contribution in [2.75, 3.05) is 19.0 Å². The molecule has 2 aromatic carbocycles. The Balaban J connectivity index is 1.56. The number of rotatable bonds is 8. The Morgan fingerprint density at radius 3 is 2.52 bits per heavy atom. The van der Waals surface area contributed by atoms with Gasteiger partial charge in [-0.15, -0.1) is 0 Å². The maximum atomic E-state index is 12.1. The van der Waals surface area contributed by atoms with Crippen molar-refractivity contribution in [1.82, 2.24) is 5.43 Å². The predicted octanol–water partition coefficient (Wildman–Crippen LogP) is 3.69. The first-order valence-electron chi connectivity index (χ1n) is 9.53. The Kier molecular flexibility index (Phi) is 7.05. The summed E-state index contributed by atoms with van der Waals surface area (Å²) in [4.78, 5) is 24.1. The minimum atomic E-state index is -0.631. The number of hydrazone groups is 1. The van der Waals surface area contributed by atoms with Gasteiger partial charge in [0, 0.05) is 5.69 Å². The number of methoxy groups -OCH3 is 1. The van der Waals surface area contributed by atoms with Crippen molar-refractivity contribution in [3.05, 3.63) is 77.2 Å². The molecular weight excluding hydrogens is 398 g/mol. The van der Waals surface area contributed by atoms with Crippen LogP contribution in [0.2, 0.25) is 0 Å². The molecule has 0 fully saturated rings. The van der Waals surface area contributed by atoms with E-state index in [9.17, 15) is 9.59 Å². The van der Waals surface area contributed by atoms with Crippen molar-refractivity contribution < 1.29 is 23.5 Å². The lowest BCUT2D eigenvalue weighted by molar-refractivity contribution is -0.119. The summed E-state index contributed by atoms with van der Waals surface area (Å²) in [6.07, 6.45) is 2.86. The van der Waals surface area contributed by atoms with Gasteiger partial charge in [-0.3, -0.25) is 4.79 Å². The minimum Gasteiger partial charge on any atom is -0.493 e. The highest BCUT2D eigenvalue weighted by atomic mass is 16.6. The average Bonchev–Trinajstić information content (AvgIpc) is 3.29. The molecule has 0 aliphatic heterocycles. The Hall–Kier alpha value is -4.07. The molecule has 8 heteroatoms. The number of furan rings is 1. The van der Waals surface area contributed by atoms with Gasteiger partial charge in [-0.1, -0.05) is 18.2 Å². The van der Waals surface area contributed by atoms with Crippen LogP contribution in [0, 0.1) is 13.8 Å². The summed E-state index contributed by atoms with van der Waals surface area (Å²) in [6, 6.07) is 13.9. The number of aryl methyl sites for hydroxylation is 2. The lowest BCUT2D eigenvalue weighted by Gasteiger charge is -2.11. The third-order valence-electron chi connectivity index (χ3n) is 4.42. The van der Waals surface area contributed by atoms with E-state index in [1.54, 1.807) is 24.3 Å². The van der Waals surface area contributed by atoms with Crippen molar-refractivity contribution in [1.29, 1.82) is 0 Å². The van der Waals surface area contributed by atoms with Crippen LogP contribution in [0.25, 0.3) is 0 Å². The monoisotopic (exact) mass is 421 g/mol. The van der Waals surface area contributed by atoms with Gasteiger partial charge < -0.3 is 19.2 Å². The quantitative estimate of drug-likeness (QED) is 0.249. The summed E-state index contributed by atoms with van der Waals surface area (Å²) in [7, 11) is 1.46. The second-order valence-electron chi connectivity index (χ2n) is 6.69. The van der Waals surface area contributed by atoms with E-state index in [0.29, 0.717) is 11.3 Å². The van der Waals surface area contributed by atoms with Crippen molar-refractivity contribution >= 4 is 23.8 Å². The second kappa shape index (κ2) is 10.1. The van der Waals surface area contributed by atoms with E-state index < -0.39 is 5.97 Å². The van der Waals surface area contributed by atoms with Crippen LogP contribution in [0.5, 0.6) is 11.5 Å². The molecule has 1 amide bonds. The summed E-state index contributed by atoms with van der Waals surface area (Å²) < 4.78 is 15.6. The number of nitrogens with zero attached hydrogens (tertiary/aromatic N) is 1. The Morgan fingerprint density at radius 1 is 1.06 bits per heavy atom. The van der Waals surface area contributed by atoms with Gasteiger partial charge in [0.25, 0.3) is 5.91 Å². The number of hydrogen-bond acceptors (Lipinski definition) is 7. The number of hydrogen-bond donors (Lipinski definition) is 2. The zero-order chi connectivity index (χ0) is 22.2. The molecule has 0 spiro atoms. The van der Waals surface area contributed by atoms with Gasteiger partial charge in [-0.25, -0.2) is 10.2 Å². The van der Waals surface area contributed by atoms with E-state index in [1.807, 2.05) is 32.0 Å². The summed E-state index contributed by atoms with van der Waals surface area (Å²) in [5.41, 5.74) is 6.19. The molecule has 0 unspecified atom stereocenters. The minimum absolute atomic E-state index is 0.0879. The van der Waals surface area contributed by atoms with Crippen LogP contribution in [-0.2, 0) is 4.79 Å². The van der Waals surface area contributed by atoms with Crippen LogP contribution in [0.4, 0.5) is 5.69 Å². The molecule has 0 saturated carbocycles. The molecule has 0 atom stereocenters. The van der Waals surface area contributed by atoms with E-state index in [2.05, 4.69) is 15.8 Å². The van der Waals surface area contributed by atoms with Gasteiger partial charge in [0.1, 0.15) is 0 Å². The van der Waals surface area contributed by atoms with Crippen LogP contribution < -0.4 is 20.2 Å². The summed E-state index contributed by atoms with van der Waals surface area (Å²) >= 11 is 0. The fourth-order valence-electron chi connectivity index (χ4n) is 2.87. The molecule has 0 aliphatic carbocycles. The Labute approximate surface area is 179 Å². The molecule has 1 aromatic heterocycles. The summed E-state index contributed by atoms with van der Waals surface area (Å²) in [6.45, 7) is 4.05. The molecule has 0 bridgehead atoms. The van der Waals surface area contributed by atoms with Gasteiger partial charge in [-0.2, -0.15) is 5.10 Å². The lowest BCUT2D eigenvalue weighted by atomic mass is 10.1. The largest absolute Gasteiger partial charge is 0.493 e. The number of carbonyl (C=O) groups is 2. The topological polar surface area (TPSA) is 102 Å². The SMILES string of the molecule is COc1cc(C=NNC(=O)CNc2c(C)cccc2C)ccc1OC(=O)c1ccco1. The first kappa shape index (κ1) is 21.6. The smallest absolute Gasteiger partial charge is 0.379 e. The number of nitrogens with one attached hydrogen (secondary N) is 2. The molecule has 8 nitrogen and oxygen atoms in total. The van der Waals surface area contributed by atoms with Crippen molar-refractivity contribution in [2.45, 2.75) is 13.8 Å². The number of esters is 1. The van der Waals surface area contributed by atoms with Crippen molar-refractivity contribution in [3.8, 4) is 11.5 Å². The Morgan fingerprint density at radius 2 is 1.84 bits per heavy atom. The maximum Gasteiger partial charge on any atom is 0.379 e. The van der Waals surface area contributed by atoms with E-state index in [4.69, 9.17) is 13.9 Å². The number of benzene rings is 2. The third-order valence-corrected chi connectivity index (χ3v) is 4.42. The zero-order valence-corrected chi connectivity index (χ0v) is 17.5. The summed E-state index contributed by atoms with van der Waals surface area (Å²) in [5.74, 6) is -0.247. The van der Waals surface area contributed by atoms with Gasteiger partial charge >= 0.3 is 5.97 Å². The zero-order valence-electron chi connectivity index (χ0n) is 17.5. The van der Waals surface area contributed by atoms with Crippen LogP contribution in [-0.4, -0.2) is 31.7 Å². The molecule has 31 heavy (non-hydrogen) atoms. The number of amides is 1. The van der Waals surface area contributed by atoms with Gasteiger partial charge in [-0.05, 0) is 60.9 Å². The van der Waals surface area contributed by atoms with Crippen LogP contribution in [0.3, 0.4) is 0 Å². The molecule has 1 heterocycles. The number of carbonyl (C=O) groups excluding carboxylic acids is 2. The first-order chi connectivity index (χ1) is 15.0. The molecule has 0 aliphatic rings. The number of para-hydroxylation sites is 1. The van der Waals surface area contributed by atoms with E-state index >= 15 is 0 Å². The summed E-state index contributed by atoms with van der Waals surface area (Å²) in [5, 5.41) is 7.09. The lowest BCUT2D eigenvalue weighted by Crippen LogP contribution is -2.26. The fraction of sp³-hybridized carbons (Fsp3) is 0.174. The first-order valence-corrected chi connectivity index (χ1v) is 9.53. The Bertz CT molecular complexity index is 1070. The van der Waals surface area contributed by atoms with Crippen molar-refractivity contribution in [2.24, 2.45) is 5.10 Å². The molecular formula is C23H23N3O5. The molecule has 3 rings (SSSR count). The standard InChI is InChI=1S/C23H23N3O5/c1-15-6-4-7-16(2)22(15)24-14-21(27)26-25-13-17-9-10-18(20(12-17)29-3)31-23(28)19-8-5-11-30-19/h4-13,24H,14H2,1-3H3,(H,26,27). The van der Waals surface area contributed by atoms with Crippen molar-refractivity contribution in [3.63, 3.8) is 0 Å². The highest BCUT2D eigenvalue weighted by Crippen LogP contribution is 2.28. The van der Waals surface area contributed by atoms with Crippen LogP contribution in [0.15, 0.2) is 64.3 Å².